The molecule has 0 bridgehead atoms. The fourth-order valence-electron chi connectivity index (χ4n) is 5.55. The second-order valence-electron chi connectivity index (χ2n) is 9.46. The fourth-order valence-corrected chi connectivity index (χ4v) is 5.55. The van der Waals surface area contributed by atoms with Gasteiger partial charge in [0.2, 0.25) is 0 Å². The molecule has 2 aliphatic rings. The van der Waals surface area contributed by atoms with E-state index in [1.54, 1.807) is 12.1 Å². The van der Waals surface area contributed by atoms with E-state index < -0.39 is 17.5 Å². The predicted molar refractivity (Wildman–Crippen MR) is 119 cm³/mol. The molecule has 2 fully saturated rings. The van der Waals surface area contributed by atoms with Gasteiger partial charge in [-0.3, -0.25) is 0 Å². The van der Waals surface area contributed by atoms with Gasteiger partial charge in [-0.1, -0.05) is 43.9 Å². The van der Waals surface area contributed by atoms with Crippen molar-refractivity contribution in [3.63, 3.8) is 0 Å². The zero-order valence-corrected chi connectivity index (χ0v) is 18.3. The third-order valence-corrected chi connectivity index (χ3v) is 7.42. The molecule has 0 amide bonds. The highest BCUT2D eigenvalue weighted by Gasteiger charge is 2.30. The summed E-state index contributed by atoms with van der Waals surface area (Å²) in [7, 11) is 0. The van der Waals surface area contributed by atoms with Gasteiger partial charge < -0.3 is 0 Å². The molecule has 0 atom stereocenters. The molecule has 0 aromatic heterocycles. The van der Waals surface area contributed by atoms with Gasteiger partial charge in [0, 0.05) is 0 Å². The smallest absolute Gasteiger partial charge is 0.199 e. The lowest BCUT2D eigenvalue weighted by molar-refractivity contribution is 0.151. The Morgan fingerprint density at radius 1 is 0.935 bits per heavy atom. The lowest BCUT2D eigenvalue weighted by Gasteiger charge is -2.37. The van der Waals surface area contributed by atoms with Crippen molar-refractivity contribution >= 4 is 0 Å². The normalized spacial score (nSPS) is 27.4. The standard InChI is InChI=1S/C27H34F3N/c28-25(19-31)7-3-6-21-10-15-24(16-11-21)23-13-8-20(9-14-23)4-1-2-5-22-12-17-26(29)27(30)18-22/h3,6-7,12,17-18,20-21,23-24H,1-2,4-5,8-11,13-16H2/b6-3+,25-7-/t20-,21?,23-,24?. The summed E-state index contributed by atoms with van der Waals surface area (Å²) in [6.07, 6.45) is 19.5. The van der Waals surface area contributed by atoms with Gasteiger partial charge >= 0.3 is 0 Å². The Labute approximate surface area is 185 Å². The first-order valence-corrected chi connectivity index (χ1v) is 11.9. The summed E-state index contributed by atoms with van der Waals surface area (Å²) >= 11 is 0. The highest BCUT2D eigenvalue weighted by Crippen LogP contribution is 2.42. The molecule has 0 radical (unpaired) electrons. The van der Waals surface area contributed by atoms with Gasteiger partial charge in [-0.2, -0.15) is 9.65 Å². The third-order valence-electron chi connectivity index (χ3n) is 7.42. The minimum absolute atomic E-state index is 0.518. The third kappa shape index (κ3) is 7.56. The number of nitriles is 1. The first-order valence-electron chi connectivity index (χ1n) is 11.9. The highest BCUT2D eigenvalue weighted by molar-refractivity contribution is 5.19. The number of nitrogens with zero attached hydrogens (tertiary/aromatic N) is 1. The number of aryl methyl sites for hydroxylation is 1. The Bertz CT molecular complexity index is 791. The van der Waals surface area contributed by atoms with E-state index in [0.717, 1.165) is 42.6 Å². The summed E-state index contributed by atoms with van der Waals surface area (Å²) < 4.78 is 39.1. The monoisotopic (exact) mass is 429 g/mol. The largest absolute Gasteiger partial charge is 0.204 e. The number of benzene rings is 1. The topological polar surface area (TPSA) is 23.8 Å². The van der Waals surface area contributed by atoms with Crippen LogP contribution >= 0.6 is 0 Å². The van der Waals surface area contributed by atoms with Crippen LogP contribution in [0.5, 0.6) is 0 Å². The van der Waals surface area contributed by atoms with Crippen LogP contribution in [-0.2, 0) is 6.42 Å². The molecule has 1 nitrogen and oxygen atoms in total. The van der Waals surface area contributed by atoms with Crippen molar-refractivity contribution in [3.05, 3.63) is 59.5 Å². The molecule has 4 heteroatoms. The number of hydrogen-bond acceptors (Lipinski definition) is 1. The van der Waals surface area contributed by atoms with Gasteiger partial charge in [0.15, 0.2) is 17.5 Å². The van der Waals surface area contributed by atoms with E-state index in [1.807, 2.05) is 0 Å². The van der Waals surface area contributed by atoms with Crippen molar-refractivity contribution in [2.45, 2.75) is 77.0 Å². The highest BCUT2D eigenvalue weighted by atomic mass is 19.2. The Morgan fingerprint density at radius 2 is 1.61 bits per heavy atom. The summed E-state index contributed by atoms with van der Waals surface area (Å²) in [4.78, 5) is 0. The van der Waals surface area contributed by atoms with Crippen molar-refractivity contribution in [3.8, 4) is 6.07 Å². The SMILES string of the molecule is N#C/C(F)=C/C=C/C1CCC([C@H]2CC[C@H](CCCCc3ccc(F)c(F)c3)CC2)CC1. The van der Waals surface area contributed by atoms with E-state index in [2.05, 4.69) is 6.08 Å². The predicted octanol–water partition coefficient (Wildman–Crippen LogP) is 8.22. The number of halogens is 3. The summed E-state index contributed by atoms with van der Waals surface area (Å²) in [5.74, 6) is 0.794. The van der Waals surface area contributed by atoms with Crippen molar-refractivity contribution in [1.29, 1.82) is 5.26 Å². The van der Waals surface area contributed by atoms with Gasteiger partial charge in [-0.15, -0.1) is 0 Å². The average Bonchev–Trinajstić information content (AvgIpc) is 2.80. The van der Waals surface area contributed by atoms with E-state index in [0.29, 0.717) is 5.92 Å². The molecule has 0 N–H and O–H groups in total. The number of unbranched alkanes of at least 4 members (excludes halogenated alkanes) is 1. The summed E-state index contributed by atoms with van der Waals surface area (Å²) in [6, 6.07) is 5.74. The molecule has 168 valence electrons. The van der Waals surface area contributed by atoms with Gasteiger partial charge in [-0.25, -0.2) is 8.78 Å². The maximum atomic E-state index is 13.3. The summed E-state index contributed by atoms with van der Waals surface area (Å²) in [5.41, 5.74) is 0.888. The fraction of sp³-hybridized carbons (Fsp3) is 0.593. The maximum absolute atomic E-state index is 13.3. The van der Waals surface area contributed by atoms with Gasteiger partial charge in [0.05, 0.1) is 0 Å². The number of hydrogen-bond donors (Lipinski definition) is 0. The van der Waals surface area contributed by atoms with Crippen LogP contribution < -0.4 is 0 Å². The molecule has 2 aliphatic carbocycles. The second kappa shape index (κ2) is 12.1. The van der Waals surface area contributed by atoms with E-state index in [4.69, 9.17) is 5.26 Å². The number of rotatable bonds is 8. The van der Waals surface area contributed by atoms with Crippen LogP contribution in [0.1, 0.15) is 76.2 Å². The zero-order chi connectivity index (χ0) is 22.1. The molecule has 31 heavy (non-hydrogen) atoms. The van der Waals surface area contributed by atoms with E-state index in [-0.39, 0.29) is 0 Å². The van der Waals surface area contributed by atoms with Crippen LogP contribution in [0, 0.1) is 46.6 Å². The van der Waals surface area contributed by atoms with Crippen LogP contribution in [0.25, 0.3) is 0 Å². The Kier molecular flexibility index (Phi) is 9.25. The molecular weight excluding hydrogens is 395 g/mol. The molecule has 0 spiro atoms. The Balaban J connectivity index is 1.29. The van der Waals surface area contributed by atoms with E-state index in [9.17, 15) is 13.2 Å². The van der Waals surface area contributed by atoms with Crippen molar-refractivity contribution in [2.75, 3.05) is 0 Å². The molecule has 1 aromatic rings. The van der Waals surface area contributed by atoms with Crippen LogP contribution in [-0.4, -0.2) is 0 Å². The van der Waals surface area contributed by atoms with E-state index >= 15 is 0 Å². The van der Waals surface area contributed by atoms with E-state index in [1.165, 1.54) is 82.1 Å². The Hall–Kier alpha value is -2.02. The average molecular weight is 430 g/mol. The van der Waals surface area contributed by atoms with Crippen molar-refractivity contribution < 1.29 is 13.2 Å². The van der Waals surface area contributed by atoms with Crippen LogP contribution in [0.2, 0.25) is 0 Å². The number of allylic oxidation sites excluding steroid dienone is 4. The molecule has 0 aliphatic heterocycles. The Morgan fingerprint density at radius 3 is 2.26 bits per heavy atom. The maximum Gasteiger partial charge on any atom is 0.199 e. The first-order chi connectivity index (χ1) is 15.0. The minimum atomic E-state index is -0.770. The molecule has 2 saturated carbocycles. The molecule has 0 saturated heterocycles. The van der Waals surface area contributed by atoms with Crippen LogP contribution in [0.4, 0.5) is 13.2 Å². The lowest BCUT2D eigenvalue weighted by atomic mass is 9.68. The summed E-state index contributed by atoms with van der Waals surface area (Å²) in [6.45, 7) is 0. The molecule has 0 heterocycles. The van der Waals surface area contributed by atoms with Crippen molar-refractivity contribution in [1.82, 2.24) is 0 Å². The molecule has 3 rings (SSSR count). The first kappa shape index (κ1) is 23.6. The van der Waals surface area contributed by atoms with Gasteiger partial charge in [0.25, 0.3) is 0 Å². The molecule has 0 unspecified atom stereocenters. The van der Waals surface area contributed by atoms with Gasteiger partial charge in [0.1, 0.15) is 6.07 Å². The van der Waals surface area contributed by atoms with Gasteiger partial charge in [-0.05, 0) is 98.8 Å². The summed E-state index contributed by atoms with van der Waals surface area (Å²) in [5, 5.41) is 8.44. The lowest BCUT2D eigenvalue weighted by Crippen LogP contribution is -2.25. The quantitative estimate of drug-likeness (QED) is 0.232. The second-order valence-corrected chi connectivity index (χ2v) is 9.46. The molecular formula is C27H34F3N. The van der Waals surface area contributed by atoms with Crippen LogP contribution in [0.3, 0.4) is 0 Å². The molecule has 1 aromatic carbocycles. The van der Waals surface area contributed by atoms with Crippen LogP contribution in [0.15, 0.2) is 42.3 Å². The van der Waals surface area contributed by atoms with Crippen molar-refractivity contribution in [2.24, 2.45) is 23.7 Å². The minimum Gasteiger partial charge on any atom is -0.204 e. The zero-order valence-electron chi connectivity index (χ0n) is 18.3.